The highest BCUT2D eigenvalue weighted by Gasteiger charge is 2.43. The number of hydrogen-bond donors (Lipinski definition) is 2. The summed E-state index contributed by atoms with van der Waals surface area (Å²) >= 11 is 0. The first-order valence-corrected chi connectivity index (χ1v) is 6.00. The zero-order chi connectivity index (χ0) is 12.3. The van der Waals surface area contributed by atoms with E-state index >= 15 is 0 Å². The quantitative estimate of drug-likeness (QED) is 0.752. The topological polar surface area (TPSA) is 78.9 Å². The van der Waals surface area contributed by atoms with Gasteiger partial charge in [-0.05, 0) is 19.3 Å². The van der Waals surface area contributed by atoms with Gasteiger partial charge < -0.3 is 20.1 Å². The van der Waals surface area contributed by atoms with Crippen molar-refractivity contribution in [2.24, 2.45) is 0 Å². The molecule has 17 heavy (non-hydrogen) atoms. The predicted molar refractivity (Wildman–Crippen MR) is 59.8 cm³/mol. The number of morpholine rings is 1. The van der Waals surface area contributed by atoms with Crippen LogP contribution < -0.4 is 5.32 Å². The molecular weight excluding hydrogens is 224 g/mol. The standard InChI is InChI=1S/C11H18N2O4/c14-9(15)2-5-12-10(16)13-6-7-17-11(8-13)3-1-4-11/h1-8H2,(H,12,16)(H,14,15). The Morgan fingerprint density at radius 3 is 2.76 bits per heavy atom. The molecule has 0 aromatic heterocycles. The second-order valence-corrected chi connectivity index (χ2v) is 4.68. The van der Waals surface area contributed by atoms with E-state index in [0.717, 1.165) is 19.3 Å². The number of carboxylic acid groups (broad SMARTS) is 1. The fraction of sp³-hybridized carbons (Fsp3) is 0.818. The maximum absolute atomic E-state index is 11.8. The molecule has 6 nitrogen and oxygen atoms in total. The van der Waals surface area contributed by atoms with Gasteiger partial charge in [-0.3, -0.25) is 4.79 Å². The molecule has 2 aliphatic rings. The summed E-state index contributed by atoms with van der Waals surface area (Å²) in [7, 11) is 0. The van der Waals surface area contributed by atoms with Gasteiger partial charge in [-0.1, -0.05) is 0 Å². The van der Waals surface area contributed by atoms with Crippen LogP contribution in [-0.2, 0) is 9.53 Å². The van der Waals surface area contributed by atoms with E-state index in [4.69, 9.17) is 9.84 Å². The Bertz CT molecular complexity index is 315. The Hall–Kier alpha value is -1.30. The van der Waals surface area contributed by atoms with Crippen LogP contribution in [0, 0.1) is 0 Å². The first-order chi connectivity index (χ1) is 8.11. The van der Waals surface area contributed by atoms with Crippen molar-refractivity contribution in [3.63, 3.8) is 0 Å². The lowest BCUT2D eigenvalue weighted by molar-refractivity contribution is -0.141. The number of carbonyl (C=O) groups excluding carboxylic acids is 1. The average Bonchev–Trinajstić information content (AvgIpc) is 2.26. The molecule has 2 fully saturated rings. The van der Waals surface area contributed by atoms with Crippen molar-refractivity contribution < 1.29 is 19.4 Å². The van der Waals surface area contributed by atoms with Crippen LogP contribution in [0.2, 0.25) is 0 Å². The first-order valence-electron chi connectivity index (χ1n) is 6.00. The van der Waals surface area contributed by atoms with Gasteiger partial charge >= 0.3 is 12.0 Å². The van der Waals surface area contributed by atoms with Crippen LogP contribution in [0.4, 0.5) is 4.79 Å². The number of urea groups is 1. The normalized spacial score (nSPS) is 22.0. The lowest BCUT2D eigenvalue weighted by Crippen LogP contribution is -2.58. The van der Waals surface area contributed by atoms with E-state index < -0.39 is 5.97 Å². The highest BCUT2D eigenvalue weighted by molar-refractivity contribution is 5.75. The SMILES string of the molecule is O=C(O)CCNC(=O)N1CCOC2(CCC2)C1. The zero-order valence-electron chi connectivity index (χ0n) is 9.78. The van der Waals surface area contributed by atoms with Crippen molar-refractivity contribution in [2.75, 3.05) is 26.2 Å². The Morgan fingerprint density at radius 1 is 1.41 bits per heavy atom. The number of ether oxygens (including phenoxy) is 1. The van der Waals surface area contributed by atoms with Crippen molar-refractivity contribution >= 4 is 12.0 Å². The Kier molecular flexibility index (Phi) is 3.51. The van der Waals surface area contributed by atoms with Gasteiger partial charge in [0, 0.05) is 13.1 Å². The van der Waals surface area contributed by atoms with Gasteiger partial charge in [0.2, 0.25) is 0 Å². The van der Waals surface area contributed by atoms with Crippen LogP contribution in [0.3, 0.4) is 0 Å². The van der Waals surface area contributed by atoms with Gasteiger partial charge in [-0.15, -0.1) is 0 Å². The summed E-state index contributed by atoms with van der Waals surface area (Å²) < 4.78 is 5.71. The van der Waals surface area contributed by atoms with Crippen LogP contribution >= 0.6 is 0 Å². The van der Waals surface area contributed by atoms with Crippen LogP contribution in [0.25, 0.3) is 0 Å². The van der Waals surface area contributed by atoms with Crippen molar-refractivity contribution in [3.8, 4) is 0 Å². The van der Waals surface area contributed by atoms with Crippen molar-refractivity contribution in [3.05, 3.63) is 0 Å². The Balaban J connectivity index is 1.76. The third-order valence-electron chi connectivity index (χ3n) is 3.42. The number of nitrogens with zero attached hydrogens (tertiary/aromatic N) is 1. The number of carbonyl (C=O) groups is 2. The summed E-state index contributed by atoms with van der Waals surface area (Å²) in [5, 5.41) is 11.1. The monoisotopic (exact) mass is 242 g/mol. The third-order valence-corrected chi connectivity index (χ3v) is 3.42. The summed E-state index contributed by atoms with van der Waals surface area (Å²) in [5.41, 5.74) is -0.109. The first kappa shape index (κ1) is 12.2. The molecule has 0 aromatic rings. The van der Waals surface area contributed by atoms with Crippen LogP contribution in [0.5, 0.6) is 0 Å². The molecule has 1 spiro atoms. The largest absolute Gasteiger partial charge is 0.481 e. The molecule has 1 saturated heterocycles. The molecule has 1 aliphatic heterocycles. The van der Waals surface area contributed by atoms with E-state index in [0.29, 0.717) is 19.7 Å². The fourth-order valence-electron chi connectivity index (χ4n) is 2.28. The minimum Gasteiger partial charge on any atom is -0.481 e. The molecule has 0 aromatic carbocycles. The van der Waals surface area contributed by atoms with Crippen molar-refractivity contribution in [1.82, 2.24) is 10.2 Å². The molecule has 1 aliphatic carbocycles. The lowest BCUT2D eigenvalue weighted by Gasteiger charge is -2.48. The van der Waals surface area contributed by atoms with E-state index in [1.807, 2.05) is 0 Å². The summed E-state index contributed by atoms with van der Waals surface area (Å²) in [6.45, 7) is 1.97. The summed E-state index contributed by atoms with van der Waals surface area (Å²) in [4.78, 5) is 23.8. The number of carboxylic acids is 1. The smallest absolute Gasteiger partial charge is 0.317 e. The van der Waals surface area contributed by atoms with Gasteiger partial charge in [0.1, 0.15) is 0 Å². The highest BCUT2D eigenvalue weighted by atomic mass is 16.5. The van der Waals surface area contributed by atoms with E-state index in [2.05, 4.69) is 5.32 Å². The summed E-state index contributed by atoms with van der Waals surface area (Å²) in [6, 6.07) is -0.180. The number of aliphatic carboxylic acids is 1. The maximum Gasteiger partial charge on any atom is 0.317 e. The molecule has 0 bridgehead atoms. The molecule has 0 atom stereocenters. The molecule has 96 valence electrons. The average molecular weight is 242 g/mol. The molecule has 0 unspecified atom stereocenters. The number of rotatable bonds is 3. The second-order valence-electron chi connectivity index (χ2n) is 4.68. The van der Waals surface area contributed by atoms with E-state index in [1.165, 1.54) is 0 Å². The Morgan fingerprint density at radius 2 is 2.18 bits per heavy atom. The number of hydrogen-bond acceptors (Lipinski definition) is 3. The molecule has 6 heteroatoms. The zero-order valence-corrected chi connectivity index (χ0v) is 9.78. The van der Waals surface area contributed by atoms with Gasteiger partial charge in [0.25, 0.3) is 0 Å². The third kappa shape index (κ3) is 2.88. The van der Waals surface area contributed by atoms with E-state index in [1.54, 1.807) is 4.90 Å². The maximum atomic E-state index is 11.8. The van der Waals surface area contributed by atoms with Crippen molar-refractivity contribution in [2.45, 2.75) is 31.3 Å². The van der Waals surface area contributed by atoms with Gasteiger partial charge in [-0.25, -0.2) is 4.79 Å². The molecule has 1 saturated carbocycles. The molecule has 1 heterocycles. The summed E-state index contributed by atoms with van der Waals surface area (Å²) in [6.07, 6.45) is 3.16. The number of nitrogens with one attached hydrogen (secondary N) is 1. The Labute approximate surface area is 99.9 Å². The molecule has 2 rings (SSSR count). The van der Waals surface area contributed by atoms with Gasteiger partial charge in [-0.2, -0.15) is 0 Å². The van der Waals surface area contributed by atoms with Crippen LogP contribution in [-0.4, -0.2) is 53.8 Å². The molecule has 2 amide bonds. The summed E-state index contributed by atoms with van der Waals surface area (Å²) in [5.74, 6) is -0.900. The minimum atomic E-state index is -0.900. The molecule has 0 radical (unpaired) electrons. The van der Waals surface area contributed by atoms with Crippen molar-refractivity contribution in [1.29, 1.82) is 0 Å². The second kappa shape index (κ2) is 4.91. The predicted octanol–water partition coefficient (Wildman–Crippen LogP) is 0.426. The van der Waals surface area contributed by atoms with Crippen LogP contribution in [0.15, 0.2) is 0 Å². The van der Waals surface area contributed by atoms with Gasteiger partial charge in [0.15, 0.2) is 0 Å². The minimum absolute atomic E-state index is 0.0405. The van der Waals surface area contributed by atoms with E-state index in [9.17, 15) is 9.59 Å². The molecule has 2 N–H and O–H groups in total. The highest BCUT2D eigenvalue weighted by Crippen LogP contribution is 2.37. The number of amides is 2. The fourth-order valence-corrected chi connectivity index (χ4v) is 2.28. The van der Waals surface area contributed by atoms with E-state index in [-0.39, 0.29) is 24.6 Å². The molecular formula is C11H18N2O4. The van der Waals surface area contributed by atoms with Crippen LogP contribution in [0.1, 0.15) is 25.7 Å². The lowest BCUT2D eigenvalue weighted by atomic mass is 9.79. The van der Waals surface area contributed by atoms with Gasteiger partial charge in [0.05, 0.1) is 25.2 Å².